The summed E-state index contributed by atoms with van der Waals surface area (Å²) in [6.45, 7) is 4.52. The second-order valence-electron chi connectivity index (χ2n) is 3.24. The van der Waals surface area contributed by atoms with Crippen LogP contribution in [-0.2, 0) is 0 Å². The fourth-order valence-corrected chi connectivity index (χ4v) is 1.66. The van der Waals surface area contributed by atoms with Crippen LogP contribution in [0.4, 0.5) is 0 Å². The molecule has 0 radical (unpaired) electrons. The predicted molar refractivity (Wildman–Crippen MR) is 57.5 cm³/mol. The molecule has 0 heterocycles. The molecule has 66 valence electrons. The van der Waals surface area contributed by atoms with Crippen LogP contribution in [0.3, 0.4) is 0 Å². The van der Waals surface area contributed by atoms with Gasteiger partial charge in [0, 0.05) is 4.47 Å². The van der Waals surface area contributed by atoms with Crippen molar-refractivity contribution in [3.05, 3.63) is 34.3 Å². The van der Waals surface area contributed by atoms with Crippen molar-refractivity contribution in [2.45, 2.75) is 32.6 Å². The van der Waals surface area contributed by atoms with E-state index in [-0.39, 0.29) is 0 Å². The molecule has 0 aliphatic heterocycles. The van der Waals surface area contributed by atoms with E-state index in [0.717, 1.165) is 4.47 Å². The molecule has 0 saturated heterocycles. The highest BCUT2D eigenvalue weighted by molar-refractivity contribution is 9.10. The third-order valence-electron chi connectivity index (χ3n) is 2.16. The summed E-state index contributed by atoms with van der Waals surface area (Å²) < 4.78 is 1.16. The van der Waals surface area contributed by atoms with Gasteiger partial charge >= 0.3 is 0 Å². The first kappa shape index (κ1) is 9.79. The highest BCUT2D eigenvalue weighted by Gasteiger charge is 2.02. The van der Waals surface area contributed by atoms with E-state index in [1.165, 1.54) is 18.4 Å². The largest absolute Gasteiger partial charge is 0.0654 e. The molecule has 0 nitrogen and oxygen atoms in total. The van der Waals surface area contributed by atoms with Crippen LogP contribution in [0.1, 0.15) is 38.2 Å². The highest BCUT2D eigenvalue weighted by Crippen LogP contribution is 2.21. The van der Waals surface area contributed by atoms with Crippen molar-refractivity contribution in [2.24, 2.45) is 0 Å². The van der Waals surface area contributed by atoms with Crippen LogP contribution in [0.15, 0.2) is 28.7 Å². The maximum atomic E-state index is 3.43. The van der Waals surface area contributed by atoms with Gasteiger partial charge in [-0.2, -0.15) is 0 Å². The third-order valence-corrected chi connectivity index (χ3v) is 2.69. The minimum Gasteiger partial charge on any atom is -0.0654 e. The van der Waals surface area contributed by atoms with Gasteiger partial charge < -0.3 is 0 Å². The van der Waals surface area contributed by atoms with Gasteiger partial charge in [-0.25, -0.2) is 0 Å². The molecule has 0 amide bonds. The van der Waals surface area contributed by atoms with Crippen molar-refractivity contribution in [1.29, 1.82) is 0 Å². The molecule has 1 heteroatoms. The average Bonchev–Trinajstić information content (AvgIpc) is 2.06. The number of hydrogen-bond donors (Lipinski definition) is 0. The molecule has 0 saturated carbocycles. The summed E-state index contributed by atoms with van der Waals surface area (Å²) in [6, 6.07) is 8.62. The molecule has 1 unspecified atom stereocenters. The van der Waals surface area contributed by atoms with Crippen LogP contribution in [-0.4, -0.2) is 0 Å². The third kappa shape index (κ3) is 2.63. The van der Waals surface area contributed by atoms with Gasteiger partial charge in [0.05, 0.1) is 0 Å². The lowest BCUT2D eigenvalue weighted by Crippen LogP contribution is -1.91. The maximum Gasteiger partial charge on any atom is 0.0175 e. The molecule has 1 aromatic rings. The quantitative estimate of drug-likeness (QED) is 0.719. The number of hydrogen-bond acceptors (Lipinski definition) is 0. The lowest BCUT2D eigenvalue weighted by atomic mass is 9.97. The van der Waals surface area contributed by atoms with E-state index in [1.807, 2.05) is 0 Å². The van der Waals surface area contributed by atoms with Gasteiger partial charge in [0.15, 0.2) is 0 Å². The van der Waals surface area contributed by atoms with Crippen LogP contribution in [0.25, 0.3) is 0 Å². The molecule has 0 spiro atoms. The Balaban J connectivity index is 2.68. The fourth-order valence-electron chi connectivity index (χ4n) is 1.39. The maximum absolute atomic E-state index is 3.43. The number of benzene rings is 1. The lowest BCUT2D eigenvalue weighted by molar-refractivity contribution is 0.665. The van der Waals surface area contributed by atoms with Gasteiger partial charge in [0.2, 0.25) is 0 Å². The van der Waals surface area contributed by atoms with E-state index in [9.17, 15) is 0 Å². The Morgan fingerprint density at radius 1 is 1.25 bits per heavy atom. The molecule has 1 aromatic carbocycles. The standard InChI is InChI=1S/C11H15Br/c1-3-4-9(2)10-5-7-11(12)8-6-10/h5-9H,3-4H2,1-2H3. The second kappa shape index (κ2) is 4.66. The van der Waals surface area contributed by atoms with Gasteiger partial charge in [-0.1, -0.05) is 48.3 Å². The smallest absolute Gasteiger partial charge is 0.0175 e. The zero-order valence-electron chi connectivity index (χ0n) is 7.68. The summed E-state index contributed by atoms with van der Waals surface area (Å²) in [5.74, 6) is 0.697. The monoisotopic (exact) mass is 226 g/mol. The first-order valence-electron chi connectivity index (χ1n) is 4.49. The summed E-state index contributed by atoms with van der Waals surface area (Å²) in [5.41, 5.74) is 1.44. The Morgan fingerprint density at radius 3 is 2.33 bits per heavy atom. The van der Waals surface area contributed by atoms with Crippen LogP contribution < -0.4 is 0 Å². The van der Waals surface area contributed by atoms with E-state index in [1.54, 1.807) is 0 Å². The van der Waals surface area contributed by atoms with Crippen LogP contribution >= 0.6 is 15.9 Å². The van der Waals surface area contributed by atoms with Gasteiger partial charge in [-0.05, 0) is 30.0 Å². The second-order valence-corrected chi connectivity index (χ2v) is 4.16. The van der Waals surface area contributed by atoms with E-state index in [0.29, 0.717) is 5.92 Å². The highest BCUT2D eigenvalue weighted by atomic mass is 79.9. The molecule has 0 N–H and O–H groups in total. The van der Waals surface area contributed by atoms with Gasteiger partial charge in [0.25, 0.3) is 0 Å². The van der Waals surface area contributed by atoms with Gasteiger partial charge in [0.1, 0.15) is 0 Å². The molecule has 0 aliphatic rings. The summed E-state index contributed by atoms with van der Waals surface area (Å²) in [6.07, 6.45) is 2.54. The van der Waals surface area contributed by atoms with Crippen molar-refractivity contribution in [2.75, 3.05) is 0 Å². The van der Waals surface area contributed by atoms with E-state index >= 15 is 0 Å². The van der Waals surface area contributed by atoms with Crippen LogP contribution in [0, 0.1) is 0 Å². The first-order valence-corrected chi connectivity index (χ1v) is 5.28. The number of rotatable bonds is 3. The Morgan fingerprint density at radius 2 is 1.83 bits per heavy atom. The molecular weight excluding hydrogens is 212 g/mol. The summed E-state index contributed by atoms with van der Waals surface area (Å²) >= 11 is 3.43. The summed E-state index contributed by atoms with van der Waals surface area (Å²) in [7, 11) is 0. The summed E-state index contributed by atoms with van der Waals surface area (Å²) in [5, 5.41) is 0. The Bertz CT molecular complexity index is 225. The zero-order chi connectivity index (χ0) is 8.97. The Labute approximate surface area is 83.1 Å². The molecule has 0 bridgehead atoms. The minimum atomic E-state index is 0.697. The van der Waals surface area contributed by atoms with Gasteiger partial charge in [-0.3, -0.25) is 0 Å². The van der Waals surface area contributed by atoms with E-state index < -0.39 is 0 Å². The predicted octanol–water partition coefficient (Wildman–Crippen LogP) is 4.35. The molecule has 0 aliphatic carbocycles. The normalized spacial score (nSPS) is 12.9. The Hall–Kier alpha value is -0.300. The average molecular weight is 227 g/mol. The molecule has 0 fully saturated rings. The van der Waals surface area contributed by atoms with Crippen molar-refractivity contribution in [1.82, 2.24) is 0 Å². The minimum absolute atomic E-state index is 0.697. The van der Waals surface area contributed by atoms with E-state index in [2.05, 4.69) is 54.0 Å². The van der Waals surface area contributed by atoms with E-state index in [4.69, 9.17) is 0 Å². The fraction of sp³-hybridized carbons (Fsp3) is 0.455. The topological polar surface area (TPSA) is 0 Å². The molecule has 0 aromatic heterocycles. The molecule has 1 rings (SSSR count). The Kier molecular flexibility index (Phi) is 3.80. The van der Waals surface area contributed by atoms with Crippen molar-refractivity contribution < 1.29 is 0 Å². The van der Waals surface area contributed by atoms with Crippen LogP contribution in [0.5, 0.6) is 0 Å². The van der Waals surface area contributed by atoms with Crippen molar-refractivity contribution in [3.63, 3.8) is 0 Å². The molecule has 1 atom stereocenters. The lowest BCUT2D eigenvalue weighted by Gasteiger charge is -2.09. The SMILES string of the molecule is CCCC(C)c1ccc(Br)cc1. The molecular formula is C11H15Br. The van der Waals surface area contributed by atoms with Gasteiger partial charge in [-0.15, -0.1) is 0 Å². The van der Waals surface area contributed by atoms with Crippen molar-refractivity contribution >= 4 is 15.9 Å². The first-order chi connectivity index (χ1) is 5.74. The zero-order valence-corrected chi connectivity index (χ0v) is 9.26. The summed E-state index contributed by atoms with van der Waals surface area (Å²) in [4.78, 5) is 0. The molecule has 12 heavy (non-hydrogen) atoms. The van der Waals surface area contributed by atoms with Crippen molar-refractivity contribution in [3.8, 4) is 0 Å². The number of halogens is 1. The van der Waals surface area contributed by atoms with Crippen LogP contribution in [0.2, 0.25) is 0 Å².